The van der Waals surface area contributed by atoms with E-state index < -0.39 is 0 Å². The molecule has 2 fully saturated rings. The second kappa shape index (κ2) is 7.01. The van der Waals surface area contributed by atoms with Crippen molar-refractivity contribution in [1.82, 2.24) is 9.80 Å². The number of benzene rings is 1. The van der Waals surface area contributed by atoms with Crippen molar-refractivity contribution in [1.29, 1.82) is 0 Å². The van der Waals surface area contributed by atoms with Gasteiger partial charge in [0.1, 0.15) is 11.5 Å². The minimum absolute atomic E-state index is 0.0920. The summed E-state index contributed by atoms with van der Waals surface area (Å²) in [6.07, 6.45) is 4.60. The molecule has 0 radical (unpaired) electrons. The standard InChI is InChI=1S/C19H28N2O3/c1-13-17(23-3)11-14(12-18(13)24-4)19(22)21-10-6-8-16(21)15-7-5-9-20(15)2/h11-12,15-16H,5-10H2,1-4H3/t15-,16-/m1/s1. The molecule has 2 saturated heterocycles. The van der Waals surface area contributed by atoms with E-state index in [-0.39, 0.29) is 5.91 Å². The maximum atomic E-state index is 13.2. The number of ether oxygens (including phenoxy) is 2. The number of amides is 1. The van der Waals surface area contributed by atoms with Gasteiger partial charge in [0, 0.05) is 29.8 Å². The van der Waals surface area contributed by atoms with Crippen LogP contribution in [0.4, 0.5) is 0 Å². The Labute approximate surface area is 144 Å². The second-order valence-electron chi connectivity index (χ2n) is 6.90. The van der Waals surface area contributed by atoms with Crippen molar-refractivity contribution in [3.8, 4) is 11.5 Å². The van der Waals surface area contributed by atoms with Gasteiger partial charge in [0.2, 0.25) is 0 Å². The fraction of sp³-hybridized carbons (Fsp3) is 0.632. The minimum Gasteiger partial charge on any atom is -0.496 e. The lowest BCUT2D eigenvalue weighted by Crippen LogP contribution is -2.47. The number of likely N-dealkylation sites (tertiary alicyclic amines) is 2. The summed E-state index contributed by atoms with van der Waals surface area (Å²) in [6.45, 7) is 3.92. The van der Waals surface area contributed by atoms with Crippen molar-refractivity contribution in [2.45, 2.75) is 44.7 Å². The Kier molecular flexibility index (Phi) is 4.99. The van der Waals surface area contributed by atoms with E-state index in [1.165, 1.54) is 12.8 Å². The summed E-state index contributed by atoms with van der Waals surface area (Å²) >= 11 is 0. The molecule has 0 bridgehead atoms. The quantitative estimate of drug-likeness (QED) is 0.850. The molecule has 1 aromatic carbocycles. The molecular formula is C19H28N2O3. The summed E-state index contributed by atoms with van der Waals surface area (Å²) in [5.41, 5.74) is 1.58. The molecule has 24 heavy (non-hydrogen) atoms. The molecule has 5 nitrogen and oxygen atoms in total. The maximum absolute atomic E-state index is 13.2. The lowest BCUT2D eigenvalue weighted by Gasteiger charge is -2.33. The number of nitrogens with zero attached hydrogens (tertiary/aromatic N) is 2. The first-order valence-corrected chi connectivity index (χ1v) is 8.80. The molecule has 0 N–H and O–H groups in total. The first-order chi connectivity index (χ1) is 11.6. The summed E-state index contributed by atoms with van der Waals surface area (Å²) < 4.78 is 10.9. The summed E-state index contributed by atoms with van der Waals surface area (Å²) in [5.74, 6) is 1.49. The molecule has 3 rings (SSSR count). The van der Waals surface area contributed by atoms with E-state index >= 15 is 0 Å². The van der Waals surface area contributed by atoms with E-state index in [2.05, 4.69) is 16.8 Å². The molecule has 0 aliphatic carbocycles. The normalized spacial score (nSPS) is 24.4. The van der Waals surface area contributed by atoms with Gasteiger partial charge in [-0.2, -0.15) is 0 Å². The number of rotatable bonds is 4. The summed E-state index contributed by atoms with van der Waals surface area (Å²) in [7, 11) is 5.43. The van der Waals surface area contributed by atoms with Crippen LogP contribution in [0.1, 0.15) is 41.6 Å². The highest BCUT2D eigenvalue weighted by molar-refractivity contribution is 5.95. The number of methoxy groups -OCH3 is 2. The van der Waals surface area contributed by atoms with E-state index in [9.17, 15) is 4.79 Å². The molecule has 1 amide bonds. The molecule has 5 heteroatoms. The van der Waals surface area contributed by atoms with Gasteiger partial charge in [-0.3, -0.25) is 4.79 Å². The summed E-state index contributed by atoms with van der Waals surface area (Å²) in [4.78, 5) is 17.6. The fourth-order valence-electron chi connectivity index (χ4n) is 4.24. The molecule has 2 atom stereocenters. The van der Waals surface area contributed by atoms with Crippen LogP contribution in [0.3, 0.4) is 0 Å². The highest BCUT2D eigenvalue weighted by atomic mass is 16.5. The van der Waals surface area contributed by atoms with Crippen LogP contribution in [0.25, 0.3) is 0 Å². The number of likely N-dealkylation sites (N-methyl/N-ethyl adjacent to an activating group) is 1. The molecule has 0 saturated carbocycles. The predicted molar refractivity (Wildman–Crippen MR) is 94.0 cm³/mol. The van der Waals surface area contributed by atoms with Crippen molar-refractivity contribution in [3.63, 3.8) is 0 Å². The average Bonchev–Trinajstić information content (AvgIpc) is 3.22. The minimum atomic E-state index is 0.0920. The fourth-order valence-corrected chi connectivity index (χ4v) is 4.24. The Bertz CT molecular complexity index is 592. The van der Waals surface area contributed by atoms with Crippen LogP contribution in [0.15, 0.2) is 12.1 Å². The highest BCUT2D eigenvalue weighted by Crippen LogP contribution is 2.33. The Hall–Kier alpha value is -1.75. The molecule has 2 aliphatic rings. The summed E-state index contributed by atoms with van der Waals surface area (Å²) in [5, 5.41) is 0. The Morgan fingerprint density at radius 1 is 1.04 bits per heavy atom. The van der Waals surface area contributed by atoms with Gasteiger partial charge in [0.25, 0.3) is 5.91 Å². The number of hydrogen-bond acceptors (Lipinski definition) is 4. The molecule has 0 aromatic heterocycles. The molecule has 2 heterocycles. The lowest BCUT2D eigenvalue weighted by atomic mass is 10.0. The topological polar surface area (TPSA) is 42.0 Å². The first kappa shape index (κ1) is 17.1. The highest BCUT2D eigenvalue weighted by Gasteiger charge is 2.38. The van der Waals surface area contributed by atoms with Crippen molar-refractivity contribution in [2.75, 3.05) is 34.4 Å². The van der Waals surface area contributed by atoms with Gasteiger partial charge in [0.15, 0.2) is 0 Å². The van der Waals surface area contributed by atoms with Crippen LogP contribution in [0, 0.1) is 6.92 Å². The number of hydrogen-bond donors (Lipinski definition) is 0. The van der Waals surface area contributed by atoms with Crippen molar-refractivity contribution < 1.29 is 14.3 Å². The van der Waals surface area contributed by atoms with Crippen molar-refractivity contribution >= 4 is 5.91 Å². The van der Waals surface area contributed by atoms with Crippen LogP contribution in [-0.4, -0.2) is 62.1 Å². The Morgan fingerprint density at radius 2 is 1.62 bits per heavy atom. The number of carbonyl (C=O) groups excluding carboxylic acids is 1. The van der Waals surface area contributed by atoms with Crippen LogP contribution in [0.5, 0.6) is 11.5 Å². The van der Waals surface area contributed by atoms with E-state index in [4.69, 9.17) is 9.47 Å². The molecule has 0 unspecified atom stereocenters. The van der Waals surface area contributed by atoms with Gasteiger partial charge >= 0.3 is 0 Å². The molecule has 0 spiro atoms. The largest absolute Gasteiger partial charge is 0.496 e. The SMILES string of the molecule is COc1cc(C(=O)N2CCC[C@@H]2[C@H]2CCCN2C)cc(OC)c1C. The van der Waals surface area contributed by atoms with Gasteiger partial charge < -0.3 is 19.3 Å². The molecule has 132 valence electrons. The molecule has 1 aromatic rings. The maximum Gasteiger partial charge on any atom is 0.254 e. The van der Waals surface area contributed by atoms with Crippen molar-refractivity contribution in [3.05, 3.63) is 23.3 Å². The Morgan fingerprint density at radius 3 is 2.17 bits per heavy atom. The smallest absolute Gasteiger partial charge is 0.254 e. The van der Waals surface area contributed by atoms with Crippen LogP contribution in [0.2, 0.25) is 0 Å². The zero-order chi connectivity index (χ0) is 17.3. The van der Waals surface area contributed by atoms with Gasteiger partial charge in [0.05, 0.1) is 14.2 Å². The van der Waals surface area contributed by atoms with E-state index in [1.54, 1.807) is 14.2 Å². The zero-order valence-corrected chi connectivity index (χ0v) is 15.2. The lowest BCUT2D eigenvalue weighted by molar-refractivity contribution is 0.0663. The monoisotopic (exact) mass is 332 g/mol. The van der Waals surface area contributed by atoms with E-state index in [0.717, 1.165) is 31.5 Å². The van der Waals surface area contributed by atoms with Crippen LogP contribution in [-0.2, 0) is 0 Å². The zero-order valence-electron chi connectivity index (χ0n) is 15.2. The van der Waals surface area contributed by atoms with E-state index in [0.29, 0.717) is 29.1 Å². The van der Waals surface area contributed by atoms with Crippen LogP contribution < -0.4 is 9.47 Å². The Balaban J connectivity index is 1.88. The third-order valence-corrected chi connectivity index (χ3v) is 5.58. The predicted octanol–water partition coefficient (Wildman–Crippen LogP) is 2.71. The third-order valence-electron chi connectivity index (χ3n) is 5.58. The summed E-state index contributed by atoms with van der Waals surface area (Å²) in [6, 6.07) is 4.50. The van der Waals surface area contributed by atoms with Gasteiger partial charge in [-0.05, 0) is 58.3 Å². The number of carbonyl (C=O) groups is 1. The van der Waals surface area contributed by atoms with Gasteiger partial charge in [-0.25, -0.2) is 0 Å². The van der Waals surface area contributed by atoms with Gasteiger partial charge in [-0.15, -0.1) is 0 Å². The average molecular weight is 332 g/mol. The molecule has 2 aliphatic heterocycles. The van der Waals surface area contributed by atoms with Gasteiger partial charge in [-0.1, -0.05) is 0 Å². The van der Waals surface area contributed by atoms with E-state index in [1.807, 2.05) is 19.1 Å². The second-order valence-corrected chi connectivity index (χ2v) is 6.90. The van der Waals surface area contributed by atoms with Crippen LogP contribution >= 0.6 is 0 Å². The first-order valence-electron chi connectivity index (χ1n) is 8.80. The molecular weight excluding hydrogens is 304 g/mol. The third kappa shape index (κ3) is 2.97. The van der Waals surface area contributed by atoms with Crippen molar-refractivity contribution in [2.24, 2.45) is 0 Å².